The van der Waals surface area contributed by atoms with Crippen LogP contribution in [0.5, 0.6) is 0 Å². The summed E-state index contributed by atoms with van der Waals surface area (Å²) in [4.78, 5) is 31.2. The smallest absolute Gasteiger partial charge is 0.243 e. The first-order valence-electron chi connectivity index (χ1n) is 9.23. The summed E-state index contributed by atoms with van der Waals surface area (Å²) in [6.07, 6.45) is 5.22. The van der Waals surface area contributed by atoms with Crippen LogP contribution in [0.1, 0.15) is 12.5 Å². The Hall–Kier alpha value is -3.20. The molecular weight excluding hydrogens is 394 g/mol. The lowest BCUT2D eigenvalue weighted by Crippen LogP contribution is -2.46. The van der Waals surface area contributed by atoms with Crippen LogP contribution in [-0.4, -0.2) is 44.5 Å². The van der Waals surface area contributed by atoms with Gasteiger partial charge in [0, 0.05) is 30.5 Å². The van der Waals surface area contributed by atoms with E-state index in [9.17, 15) is 9.59 Å². The molecule has 10 heteroatoms. The molecule has 2 unspecified atom stereocenters. The minimum absolute atomic E-state index is 0.0909. The molecule has 2 N–H and O–H groups in total. The molecule has 0 bridgehead atoms. The Morgan fingerprint density at radius 2 is 2.00 bits per heavy atom. The molecule has 150 valence electrons. The zero-order valence-corrected chi connectivity index (χ0v) is 16.5. The third kappa shape index (κ3) is 4.14. The fourth-order valence-corrected chi connectivity index (χ4v) is 3.63. The van der Waals surface area contributed by atoms with Crippen LogP contribution in [0.15, 0.2) is 43.0 Å². The second-order valence-electron chi connectivity index (χ2n) is 7.14. The lowest BCUT2D eigenvalue weighted by atomic mass is 9.98. The van der Waals surface area contributed by atoms with Gasteiger partial charge < -0.3 is 4.90 Å². The van der Waals surface area contributed by atoms with Crippen LogP contribution in [0.25, 0.3) is 5.65 Å². The van der Waals surface area contributed by atoms with E-state index in [1.165, 1.54) is 0 Å². The van der Waals surface area contributed by atoms with Gasteiger partial charge in [0.05, 0.1) is 12.3 Å². The van der Waals surface area contributed by atoms with Crippen LogP contribution in [0.3, 0.4) is 0 Å². The van der Waals surface area contributed by atoms with Gasteiger partial charge in [-0.15, -0.1) is 10.2 Å². The summed E-state index contributed by atoms with van der Waals surface area (Å²) in [7, 11) is 0. The summed E-state index contributed by atoms with van der Waals surface area (Å²) < 4.78 is 1.79. The SMILES string of the molecule is CC1CN(c2nccn3cnnc23)CC1C(=O)NNC(=O)Cc1ccc(Cl)cc1. The van der Waals surface area contributed by atoms with E-state index in [1.807, 2.05) is 11.8 Å². The summed E-state index contributed by atoms with van der Waals surface area (Å²) in [6, 6.07) is 7.00. The van der Waals surface area contributed by atoms with Gasteiger partial charge in [-0.3, -0.25) is 24.8 Å². The number of carbonyl (C=O) groups is 2. The van der Waals surface area contributed by atoms with Gasteiger partial charge in [0.2, 0.25) is 17.5 Å². The quantitative estimate of drug-likeness (QED) is 0.623. The number of hydrogen-bond donors (Lipinski definition) is 2. The van der Waals surface area contributed by atoms with E-state index in [0.29, 0.717) is 29.6 Å². The molecule has 2 aromatic heterocycles. The topological polar surface area (TPSA) is 105 Å². The number of benzene rings is 1. The Morgan fingerprint density at radius 1 is 1.21 bits per heavy atom. The number of hydrazine groups is 1. The van der Waals surface area contributed by atoms with Crippen molar-refractivity contribution in [3.63, 3.8) is 0 Å². The van der Waals surface area contributed by atoms with Crippen LogP contribution in [0.4, 0.5) is 5.82 Å². The molecule has 1 saturated heterocycles. The summed E-state index contributed by atoms with van der Waals surface area (Å²) in [6.45, 7) is 3.15. The van der Waals surface area contributed by atoms with Gasteiger partial charge in [-0.1, -0.05) is 30.7 Å². The first-order chi connectivity index (χ1) is 14.0. The van der Waals surface area contributed by atoms with Gasteiger partial charge in [0.25, 0.3) is 0 Å². The van der Waals surface area contributed by atoms with E-state index in [1.54, 1.807) is 47.4 Å². The average Bonchev–Trinajstić information content (AvgIpc) is 3.34. The molecule has 2 amide bonds. The van der Waals surface area contributed by atoms with E-state index in [-0.39, 0.29) is 30.1 Å². The highest BCUT2D eigenvalue weighted by atomic mass is 35.5. The average molecular weight is 414 g/mol. The molecule has 0 aliphatic carbocycles. The van der Waals surface area contributed by atoms with E-state index in [2.05, 4.69) is 26.0 Å². The number of hydrogen-bond acceptors (Lipinski definition) is 6. The van der Waals surface area contributed by atoms with Crippen molar-refractivity contribution < 1.29 is 9.59 Å². The van der Waals surface area contributed by atoms with Crippen LogP contribution in [0.2, 0.25) is 5.02 Å². The molecule has 29 heavy (non-hydrogen) atoms. The third-order valence-electron chi connectivity index (χ3n) is 5.05. The maximum Gasteiger partial charge on any atom is 0.243 e. The summed E-state index contributed by atoms with van der Waals surface area (Å²) in [5.41, 5.74) is 6.50. The second kappa shape index (κ2) is 8.04. The van der Waals surface area contributed by atoms with Crippen molar-refractivity contribution in [2.45, 2.75) is 13.3 Å². The molecule has 0 radical (unpaired) electrons. The van der Waals surface area contributed by atoms with Gasteiger partial charge >= 0.3 is 0 Å². The van der Waals surface area contributed by atoms with Crippen molar-refractivity contribution in [2.75, 3.05) is 18.0 Å². The third-order valence-corrected chi connectivity index (χ3v) is 5.30. The lowest BCUT2D eigenvalue weighted by molar-refractivity contribution is -0.131. The minimum atomic E-state index is -0.293. The van der Waals surface area contributed by atoms with Crippen LogP contribution in [0, 0.1) is 11.8 Å². The zero-order chi connectivity index (χ0) is 20.4. The minimum Gasteiger partial charge on any atom is -0.352 e. The Balaban J connectivity index is 1.35. The molecule has 3 aromatic rings. The van der Waals surface area contributed by atoms with E-state index in [0.717, 1.165) is 5.56 Å². The number of nitrogens with zero attached hydrogens (tertiary/aromatic N) is 5. The molecule has 1 aliphatic rings. The molecular formula is C19H20ClN7O2. The Morgan fingerprint density at radius 3 is 2.79 bits per heavy atom. The highest BCUT2D eigenvalue weighted by Gasteiger charge is 2.36. The highest BCUT2D eigenvalue weighted by Crippen LogP contribution is 2.28. The number of anilines is 1. The van der Waals surface area contributed by atoms with E-state index in [4.69, 9.17) is 11.6 Å². The van der Waals surface area contributed by atoms with Gasteiger partial charge in [0.1, 0.15) is 6.33 Å². The molecule has 9 nitrogen and oxygen atoms in total. The molecule has 0 saturated carbocycles. The standard InChI is InChI=1S/C19H20ClN7O2/c1-12-9-27(17-18-24-22-11-26(18)7-6-21-17)10-15(12)19(29)25-23-16(28)8-13-2-4-14(20)5-3-13/h2-7,11-12,15H,8-10H2,1H3,(H,23,28)(H,25,29). The number of rotatable bonds is 4. The fourth-order valence-electron chi connectivity index (χ4n) is 3.51. The number of halogens is 1. The van der Waals surface area contributed by atoms with Gasteiger partial charge in [-0.05, 0) is 23.6 Å². The van der Waals surface area contributed by atoms with Crippen molar-refractivity contribution in [1.82, 2.24) is 30.4 Å². The van der Waals surface area contributed by atoms with Crippen molar-refractivity contribution in [2.24, 2.45) is 11.8 Å². The van der Waals surface area contributed by atoms with E-state index < -0.39 is 0 Å². The zero-order valence-electron chi connectivity index (χ0n) is 15.7. The summed E-state index contributed by atoms with van der Waals surface area (Å²) in [5, 5.41) is 8.62. The van der Waals surface area contributed by atoms with Gasteiger partial charge in [-0.25, -0.2) is 4.98 Å². The van der Waals surface area contributed by atoms with Crippen molar-refractivity contribution in [1.29, 1.82) is 0 Å². The number of carbonyl (C=O) groups excluding carboxylic acids is 2. The van der Waals surface area contributed by atoms with Gasteiger partial charge in [-0.2, -0.15) is 0 Å². The monoisotopic (exact) mass is 413 g/mol. The molecule has 4 rings (SSSR count). The first kappa shape index (κ1) is 19.1. The van der Waals surface area contributed by atoms with Crippen LogP contribution in [-0.2, 0) is 16.0 Å². The molecule has 0 spiro atoms. The second-order valence-corrected chi connectivity index (χ2v) is 7.58. The maximum absolute atomic E-state index is 12.6. The molecule has 3 heterocycles. The van der Waals surface area contributed by atoms with Gasteiger partial charge in [0.15, 0.2) is 5.82 Å². The predicted molar refractivity (Wildman–Crippen MR) is 107 cm³/mol. The highest BCUT2D eigenvalue weighted by molar-refractivity contribution is 6.30. The summed E-state index contributed by atoms with van der Waals surface area (Å²) >= 11 is 5.84. The normalized spacial score (nSPS) is 18.8. The van der Waals surface area contributed by atoms with Crippen molar-refractivity contribution in [3.05, 3.63) is 53.6 Å². The van der Waals surface area contributed by atoms with Crippen LogP contribution < -0.4 is 15.8 Å². The summed E-state index contributed by atoms with van der Waals surface area (Å²) in [5.74, 6) is -0.0150. The number of aromatic nitrogens is 4. The van der Waals surface area contributed by atoms with Crippen molar-refractivity contribution >= 4 is 34.9 Å². The molecule has 1 aliphatic heterocycles. The Labute approximate surface area is 172 Å². The maximum atomic E-state index is 12.6. The van der Waals surface area contributed by atoms with E-state index >= 15 is 0 Å². The lowest BCUT2D eigenvalue weighted by Gasteiger charge is -2.17. The van der Waals surface area contributed by atoms with Crippen LogP contribution >= 0.6 is 11.6 Å². The molecule has 1 aromatic carbocycles. The molecule has 1 fully saturated rings. The Bertz CT molecular complexity index is 1040. The van der Waals surface area contributed by atoms with Crippen molar-refractivity contribution in [3.8, 4) is 0 Å². The largest absolute Gasteiger partial charge is 0.352 e. The molecule has 2 atom stereocenters. The number of amides is 2. The first-order valence-corrected chi connectivity index (χ1v) is 9.61. The predicted octanol–water partition coefficient (Wildman–Crippen LogP) is 1.24. The number of nitrogens with one attached hydrogen (secondary N) is 2. The Kier molecular flexibility index (Phi) is 5.30. The number of fused-ring (bicyclic) bond motifs is 1. The fraction of sp³-hybridized carbons (Fsp3) is 0.316.